The van der Waals surface area contributed by atoms with Crippen molar-refractivity contribution in [3.63, 3.8) is 0 Å². The van der Waals surface area contributed by atoms with Crippen LogP contribution in [0.3, 0.4) is 0 Å². The summed E-state index contributed by atoms with van der Waals surface area (Å²) in [6.07, 6.45) is 9.82. The second-order valence-corrected chi connectivity index (χ2v) is 8.95. The Balaban J connectivity index is 1.23. The Kier molecular flexibility index (Phi) is 6.81. The molecule has 7 nitrogen and oxygen atoms in total. The van der Waals surface area contributed by atoms with E-state index in [2.05, 4.69) is 62.2 Å². The van der Waals surface area contributed by atoms with E-state index in [-0.39, 0.29) is 12.6 Å². The van der Waals surface area contributed by atoms with Crippen molar-refractivity contribution in [1.82, 2.24) is 30.4 Å². The number of aliphatic hydroxyl groups excluding tert-OH is 1. The molecule has 0 aliphatic carbocycles. The molecule has 33 heavy (non-hydrogen) atoms. The number of H-pyrrole nitrogens is 1. The summed E-state index contributed by atoms with van der Waals surface area (Å²) in [6.45, 7) is 2.16. The van der Waals surface area contributed by atoms with Gasteiger partial charge < -0.3 is 20.7 Å². The molecule has 1 aliphatic rings. The molecule has 3 heterocycles. The Morgan fingerprint density at radius 3 is 2.91 bits per heavy atom. The van der Waals surface area contributed by atoms with Crippen molar-refractivity contribution in [2.45, 2.75) is 37.8 Å². The zero-order valence-corrected chi connectivity index (χ0v) is 18.8. The third-order valence-electron chi connectivity index (χ3n) is 6.86. The van der Waals surface area contributed by atoms with Crippen molar-refractivity contribution in [3.8, 4) is 5.69 Å². The van der Waals surface area contributed by atoms with E-state index in [0.717, 1.165) is 55.5 Å². The first-order chi connectivity index (χ1) is 16.3. The third-order valence-corrected chi connectivity index (χ3v) is 6.86. The highest BCUT2D eigenvalue weighted by Gasteiger charge is 2.27. The maximum atomic E-state index is 10.00. The van der Waals surface area contributed by atoms with Crippen LogP contribution in [0, 0.1) is 5.92 Å². The molecule has 1 aliphatic heterocycles. The van der Waals surface area contributed by atoms with E-state index >= 15 is 0 Å². The molecule has 2 aromatic carbocycles. The molecule has 1 fully saturated rings. The Bertz CT molecular complexity index is 1140. The highest BCUT2D eigenvalue weighted by atomic mass is 16.3. The van der Waals surface area contributed by atoms with Crippen molar-refractivity contribution in [1.29, 1.82) is 0 Å². The molecule has 3 atom stereocenters. The van der Waals surface area contributed by atoms with Gasteiger partial charge >= 0.3 is 0 Å². The number of aryl methyl sites for hydroxylation is 1. The van der Waals surface area contributed by atoms with E-state index in [4.69, 9.17) is 0 Å². The number of aromatic nitrogens is 4. The average molecular weight is 445 g/mol. The summed E-state index contributed by atoms with van der Waals surface area (Å²) in [7, 11) is 0. The molecular formula is C26H32N6O. The van der Waals surface area contributed by atoms with Gasteiger partial charge in [-0.25, -0.2) is 9.67 Å². The molecule has 0 amide bonds. The largest absolute Gasteiger partial charge is 0.394 e. The number of nitrogens with one attached hydrogen (secondary N) is 3. The number of rotatable bonds is 9. The van der Waals surface area contributed by atoms with Crippen molar-refractivity contribution in [3.05, 3.63) is 78.5 Å². The highest BCUT2D eigenvalue weighted by molar-refractivity contribution is 5.85. The van der Waals surface area contributed by atoms with Crippen LogP contribution in [0.15, 0.2) is 67.4 Å². The van der Waals surface area contributed by atoms with E-state index in [1.54, 1.807) is 17.3 Å². The first kappa shape index (κ1) is 21.8. The molecule has 0 bridgehead atoms. The number of fused-ring (bicyclic) bond motifs is 1. The zero-order chi connectivity index (χ0) is 22.5. The molecule has 5 rings (SSSR count). The van der Waals surface area contributed by atoms with E-state index < -0.39 is 0 Å². The lowest BCUT2D eigenvalue weighted by molar-refractivity contribution is 0.191. The minimum atomic E-state index is -0.0133. The van der Waals surface area contributed by atoms with Gasteiger partial charge in [-0.2, -0.15) is 5.10 Å². The van der Waals surface area contributed by atoms with Crippen LogP contribution in [0.2, 0.25) is 0 Å². The van der Waals surface area contributed by atoms with Gasteiger partial charge in [-0.1, -0.05) is 30.3 Å². The van der Waals surface area contributed by atoms with Crippen LogP contribution in [-0.2, 0) is 6.42 Å². The third kappa shape index (κ3) is 5.00. The Morgan fingerprint density at radius 2 is 2.09 bits per heavy atom. The molecule has 2 unspecified atom stereocenters. The second kappa shape index (κ2) is 10.3. The first-order valence-corrected chi connectivity index (χ1v) is 11.9. The summed E-state index contributed by atoms with van der Waals surface area (Å²) >= 11 is 0. The lowest BCUT2D eigenvalue weighted by Crippen LogP contribution is -2.49. The summed E-state index contributed by atoms with van der Waals surface area (Å²) in [5, 5.41) is 22.8. The number of hydrogen-bond donors (Lipinski definition) is 4. The maximum absolute atomic E-state index is 10.00. The fourth-order valence-corrected chi connectivity index (χ4v) is 5.06. The van der Waals surface area contributed by atoms with Crippen LogP contribution in [-0.4, -0.2) is 50.6 Å². The van der Waals surface area contributed by atoms with Crippen LogP contribution < -0.4 is 10.6 Å². The average Bonchev–Trinajstić information content (AvgIpc) is 3.54. The van der Waals surface area contributed by atoms with Gasteiger partial charge in [0.25, 0.3) is 0 Å². The molecule has 4 aromatic rings. The summed E-state index contributed by atoms with van der Waals surface area (Å²) in [5.74, 6) is 0.549. The number of aromatic amines is 1. The number of nitrogens with zero attached hydrogens (tertiary/aromatic N) is 3. The van der Waals surface area contributed by atoms with Crippen LogP contribution >= 0.6 is 0 Å². The van der Waals surface area contributed by atoms with Gasteiger partial charge in [0, 0.05) is 23.1 Å². The molecule has 1 saturated heterocycles. The summed E-state index contributed by atoms with van der Waals surface area (Å²) in [6, 6.07) is 17.0. The SMILES string of the molecule is OCC(N[C@@H]1CCNCC1CCCc1c[nH]c2ccc(-n3cncn3)cc12)c1ccccc1. The molecule has 7 heteroatoms. The zero-order valence-electron chi connectivity index (χ0n) is 18.8. The lowest BCUT2D eigenvalue weighted by atomic mass is 9.87. The number of hydrogen-bond acceptors (Lipinski definition) is 5. The van der Waals surface area contributed by atoms with Crippen LogP contribution in [0.4, 0.5) is 0 Å². The normalized spacial score (nSPS) is 19.7. The molecule has 0 spiro atoms. The standard InChI is InChI=1S/C26H32N6O/c33-16-26(19-5-2-1-3-6-19)31-24-11-12-27-14-21(24)8-4-7-20-15-29-25-10-9-22(13-23(20)25)32-18-28-17-30-32/h1-3,5-6,9-10,13,15,17-18,21,24,26-27,29,31,33H,4,7-8,11-12,14,16H2/t21?,24-,26?/m1/s1. The molecule has 0 radical (unpaired) electrons. The number of piperidine rings is 1. The minimum Gasteiger partial charge on any atom is -0.394 e. The van der Waals surface area contributed by atoms with Crippen molar-refractivity contribution >= 4 is 10.9 Å². The molecule has 2 aromatic heterocycles. The van der Waals surface area contributed by atoms with Gasteiger partial charge in [0.05, 0.1) is 18.3 Å². The van der Waals surface area contributed by atoms with Gasteiger partial charge in [-0.15, -0.1) is 0 Å². The van der Waals surface area contributed by atoms with Gasteiger partial charge in [0.1, 0.15) is 12.7 Å². The first-order valence-electron chi connectivity index (χ1n) is 11.9. The molecular weight excluding hydrogens is 412 g/mol. The van der Waals surface area contributed by atoms with Crippen molar-refractivity contribution in [2.75, 3.05) is 19.7 Å². The molecule has 172 valence electrons. The van der Waals surface area contributed by atoms with Gasteiger partial charge in [-0.3, -0.25) is 0 Å². The van der Waals surface area contributed by atoms with Gasteiger partial charge in [0.2, 0.25) is 0 Å². The Hall–Kier alpha value is -3.00. The van der Waals surface area contributed by atoms with Crippen molar-refractivity contribution < 1.29 is 5.11 Å². The maximum Gasteiger partial charge on any atom is 0.138 e. The van der Waals surface area contributed by atoms with Gasteiger partial charge in [-0.05, 0) is 74.0 Å². The van der Waals surface area contributed by atoms with E-state index in [0.29, 0.717) is 12.0 Å². The lowest BCUT2D eigenvalue weighted by Gasteiger charge is -2.35. The minimum absolute atomic E-state index is 0.0133. The van der Waals surface area contributed by atoms with Crippen molar-refractivity contribution in [2.24, 2.45) is 5.92 Å². The summed E-state index contributed by atoms with van der Waals surface area (Å²) in [4.78, 5) is 7.47. The Morgan fingerprint density at radius 1 is 1.18 bits per heavy atom. The predicted octanol–water partition coefficient (Wildman–Crippen LogP) is 3.37. The smallest absolute Gasteiger partial charge is 0.138 e. The monoisotopic (exact) mass is 444 g/mol. The van der Waals surface area contributed by atoms with E-state index in [1.165, 1.54) is 10.9 Å². The summed E-state index contributed by atoms with van der Waals surface area (Å²) in [5.41, 5.74) is 4.68. The fraction of sp³-hybridized carbons (Fsp3) is 0.385. The van der Waals surface area contributed by atoms with E-state index in [1.807, 2.05) is 18.2 Å². The van der Waals surface area contributed by atoms with Crippen LogP contribution in [0.25, 0.3) is 16.6 Å². The topological polar surface area (TPSA) is 90.8 Å². The number of aliphatic hydroxyl groups is 1. The fourth-order valence-electron chi connectivity index (χ4n) is 5.06. The quantitative estimate of drug-likeness (QED) is 0.318. The molecule has 0 saturated carbocycles. The van der Waals surface area contributed by atoms with Crippen LogP contribution in [0.1, 0.15) is 36.4 Å². The predicted molar refractivity (Wildman–Crippen MR) is 130 cm³/mol. The molecule has 4 N–H and O–H groups in total. The van der Waals surface area contributed by atoms with Crippen LogP contribution in [0.5, 0.6) is 0 Å². The van der Waals surface area contributed by atoms with E-state index in [9.17, 15) is 5.11 Å². The Labute approximate surface area is 194 Å². The highest BCUT2D eigenvalue weighted by Crippen LogP contribution is 2.26. The number of benzene rings is 2. The van der Waals surface area contributed by atoms with Gasteiger partial charge in [0.15, 0.2) is 0 Å². The second-order valence-electron chi connectivity index (χ2n) is 8.95. The summed E-state index contributed by atoms with van der Waals surface area (Å²) < 4.78 is 1.80.